The van der Waals surface area contributed by atoms with E-state index in [1.807, 2.05) is 0 Å². The summed E-state index contributed by atoms with van der Waals surface area (Å²) in [7, 11) is 2.08. The van der Waals surface area contributed by atoms with Crippen LogP contribution in [-0.4, -0.2) is 37.6 Å². The highest BCUT2D eigenvalue weighted by Crippen LogP contribution is 2.35. The molecule has 2 aliphatic rings. The van der Waals surface area contributed by atoms with Crippen LogP contribution in [0.25, 0.3) is 0 Å². The van der Waals surface area contributed by atoms with Gasteiger partial charge in [-0.3, -0.25) is 4.90 Å². The highest BCUT2D eigenvalue weighted by molar-refractivity contribution is 4.92. The van der Waals surface area contributed by atoms with Crippen LogP contribution in [0.4, 0.5) is 0 Å². The van der Waals surface area contributed by atoms with Gasteiger partial charge in [-0.2, -0.15) is 0 Å². The minimum Gasteiger partial charge on any atom is -0.319 e. The highest BCUT2D eigenvalue weighted by Gasteiger charge is 2.37. The van der Waals surface area contributed by atoms with Crippen LogP contribution in [0.2, 0.25) is 0 Å². The predicted molar refractivity (Wildman–Crippen MR) is 65.0 cm³/mol. The molecule has 0 aromatic heterocycles. The van der Waals surface area contributed by atoms with Crippen LogP contribution in [0, 0.1) is 11.8 Å². The van der Waals surface area contributed by atoms with Gasteiger partial charge in [-0.1, -0.05) is 13.3 Å². The molecule has 0 aromatic carbocycles. The third-order valence-electron chi connectivity index (χ3n) is 4.33. The Kier molecular flexibility index (Phi) is 4.04. The molecule has 3 unspecified atom stereocenters. The number of hydrogen-bond acceptors (Lipinski definition) is 2. The summed E-state index contributed by atoms with van der Waals surface area (Å²) in [5.74, 6) is 1.95. The molecule has 1 N–H and O–H groups in total. The van der Waals surface area contributed by atoms with Gasteiger partial charge in [0.15, 0.2) is 0 Å². The Morgan fingerprint density at radius 1 is 1.27 bits per heavy atom. The largest absolute Gasteiger partial charge is 0.319 e. The molecule has 0 aromatic rings. The van der Waals surface area contributed by atoms with Crippen LogP contribution >= 0.6 is 0 Å². The molecule has 0 radical (unpaired) electrons. The Labute approximate surface area is 94.4 Å². The van der Waals surface area contributed by atoms with Gasteiger partial charge in [0.1, 0.15) is 0 Å². The van der Waals surface area contributed by atoms with E-state index in [1.165, 1.54) is 51.7 Å². The predicted octanol–water partition coefficient (Wildman–Crippen LogP) is 2.11. The zero-order chi connectivity index (χ0) is 10.7. The normalized spacial score (nSPS) is 36.8. The first-order valence-corrected chi connectivity index (χ1v) is 6.73. The van der Waals surface area contributed by atoms with Crippen molar-refractivity contribution in [3.63, 3.8) is 0 Å². The number of nitrogens with zero attached hydrogens (tertiary/aromatic N) is 1. The van der Waals surface area contributed by atoms with Crippen LogP contribution in [0.1, 0.15) is 39.0 Å². The minimum absolute atomic E-state index is 0.916. The molecular weight excluding hydrogens is 184 g/mol. The average Bonchev–Trinajstić information content (AvgIpc) is 2.61. The highest BCUT2D eigenvalue weighted by atomic mass is 15.2. The Bertz CT molecular complexity index is 193. The Morgan fingerprint density at radius 3 is 2.73 bits per heavy atom. The molecule has 1 aliphatic carbocycles. The summed E-state index contributed by atoms with van der Waals surface area (Å²) in [6.07, 6.45) is 7.16. The summed E-state index contributed by atoms with van der Waals surface area (Å²) in [5, 5.41) is 3.33. The molecule has 1 saturated heterocycles. The minimum atomic E-state index is 0.916. The van der Waals surface area contributed by atoms with Crippen molar-refractivity contribution >= 4 is 0 Å². The van der Waals surface area contributed by atoms with Crippen LogP contribution < -0.4 is 5.32 Å². The summed E-state index contributed by atoms with van der Waals surface area (Å²) >= 11 is 0. The summed E-state index contributed by atoms with van der Waals surface area (Å²) in [6, 6.07) is 0.916. The molecule has 2 nitrogen and oxygen atoms in total. The second-order valence-electron chi connectivity index (χ2n) is 5.40. The quantitative estimate of drug-likeness (QED) is 0.747. The zero-order valence-corrected chi connectivity index (χ0v) is 10.3. The lowest BCUT2D eigenvalue weighted by molar-refractivity contribution is 0.0799. The lowest BCUT2D eigenvalue weighted by Gasteiger charge is -2.43. The standard InChI is InChI=1S/C13H26N2/c1-3-4-11-7-8-15(10-11)13-6-5-12(13)9-14-2/h11-14H,3-10H2,1-2H3. The first-order valence-electron chi connectivity index (χ1n) is 6.73. The van der Waals surface area contributed by atoms with Crippen molar-refractivity contribution in [2.24, 2.45) is 11.8 Å². The van der Waals surface area contributed by atoms with Gasteiger partial charge in [0, 0.05) is 12.6 Å². The molecule has 1 saturated carbocycles. The first-order chi connectivity index (χ1) is 7.35. The van der Waals surface area contributed by atoms with Gasteiger partial charge in [-0.15, -0.1) is 0 Å². The molecule has 0 amide bonds. The number of nitrogens with one attached hydrogen (secondary N) is 1. The zero-order valence-electron chi connectivity index (χ0n) is 10.3. The Morgan fingerprint density at radius 2 is 2.13 bits per heavy atom. The van der Waals surface area contributed by atoms with Crippen molar-refractivity contribution in [2.45, 2.75) is 45.1 Å². The molecule has 2 rings (SSSR count). The van der Waals surface area contributed by atoms with Gasteiger partial charge in [-0.05, 0) is 57.7 Å². The van der Waals surface area contributed by atoms with Crippen molar-refractivity contribution in [2.75, 3.05) is 26.7 Å². The van der Waals surface area contributed by atoms with Gasteiger partial charge in [0.05, 0.1) is 0 Å². The lowest BCUT2D eigenvalue weighted by Crippen LogP contribution is -2.49. The first kappa shape index (κ1) is 11.4. The van der Waals surface area contributed by atoms with Gasteiger partial charge in [0.2, 0.25) is 0 Å². The lowest BCUT2D eigenvalue weighted by atomic mass is 9.78. The second-order valence-corrected chi connectivity index (χ2v) is 5.40. The van der Waals surface area contributed by atoms with Crippen LogP contribution in [-0.2, 0) is 0 Å². The summed E-state index contributed by atoms with van der Waals surface area (Å²) < 4.78 is 0. The van der Waals surface area contributed by atoms with E-state index in [4.69, 9.17) is 0 Å². The molecule has 3 atom stereocenters. The van der Waals surface area contributed by atoms with Gasteiger partial charge < -0.3 is 5.32 Å². The van der Waals surface area contributed by atoms with Crippen LogP contribution in [0.5, 0.6) is 0 Å². The van der Waals surface area contributed by atoms with E-state index in [1.54, 1.807) is 0 Å². The maximum atomic E-state index is 3.33. The maximum Gasteiger partial charge on any atom is 0.0136 e. The van der Waals surface area contributed by atoms with Crippen molar-refractivity contribution in [3.8, 4) is 0 Å². The third kappa shape index (κ3) is 2.54. The number of likely N-dealkylation sites (tertiary alicyclic amines) is 1. The Hall–Kier alpha value is -0.0800. The smallest absolute Gasteiger partial charge is 0.0136 e. The van der Waals surface area contributed by atoms with E-state index in [9.17, 15) is 0 Å². The number of hydrogen-bond donors (Lipinski definition) is 1. The molecule has 0 spiro atoms. The average molecular weight is 210 g/mol. The van der Waals surface area contributed by atoms with E-state index in [-0.39, 0.29) is 0 Å². The fraction of sp³-hybridized carbons (Fsp3) is 1.00. The summed E-state index contributed by atoms with van der Waals surface area (Å²) in [4.78, 5) is 2.77. The van der Waals surface area contributed by atoms with E-state index >= 15 is 0 Å². The SMILES string of the molecule is CCCC1CCN(C2CCC2CNC)C1. The van der Waals surface area contributed by atoms with Crippen molar-refractivity contribution < 1.29 is 0 Å². The third-order valence-corrected chi connectivity index (χ3v) is 4.33. The summed E-state index contributed by atoms with van der Waals surface area (Å²) in [6.45, 7) is 6.30. The van der Waals surface area contributed by atoms with Crippen molar-refractivity contribution in [1.82, 2.24) is 10.2 Å². The van der Waals surface area contributed by atoms with Crippen molar-refractivity contribution in [3.05, 3.63) is 0 Å². The van der Waals surface area contributed by atoms with Gasteiger partial charge in [0.25, 0.3) is 0 Å². The molecule has 0 bridgehead atoms. The fourth-order valence-corrected chi connectivity index (χ4v) is 3.34. The molecule has 2 fully saturated rings. The van der Waals surface area contributed by atoms with Crippen LogP contribution in [0.3, 0.4) is 0 Å². The summed E-state index contributed by atoms with van der Waals surface area (Å²) in [5.41, 5.74) is 0. The molecule has 1 aliphatic heterocycles. The topological polar surface area (TPSA) is 15.3 Å². The molecule has 1 heterocycles. The van der Waals surface area contributed by atoms with Gasteiger partial charge >= 0.3 is 0 Å². The van der Waals surface area contributed by atoms with E-state index < -0.39 is 0 Å². The molecule has 15 heavy (non-hydrogen) atoms. The van der Waals surface area contributed by atoms with Crippen molar-refractivity contribution in [1.29, 1.82) is 0 Å². The maximum absolute atomic E-state index is 3.33. The van der Waals surface area contributed by atoms with Gasteiger partial charge in [-0.25, -0.2) is 0 Å². The fourth-order valence-electron chi connectivity index (χ4n) is 3.34. The molecular formula is C13H26N2. The molecule has 2 heteroatoms. The van der Waals surface area contributed by atoms with Crippen LogP contribution in [0.15, 0.2) is 0 Å². The van der Waals surface area contributed by atoms with E-state index in [0.717, 1.165) is 17.9 Å². The van der Waals surface area contributed by atoms with E-state index in [0.29, 0.717) is 0 Å². The van der Waals surface area contributed by atoms with E-state index in [2.05, 4.69) is 24.2 Å². The second kappa shape index (κ2) is 5.31. The monoisotopic (exact) mass is 210 g/mol. The number of rotatable bonds is 5. The Balaban J connectivity index is 1.75. The molecule has 88 valence electrons.